The van der Waals surface area contributed by atoms with Crippen LogP contribution in [0.3, 0.4) is 0 Å². The van der Waals surface area contributed by atoms with Crippen LogP contribution in [-0.4, -0.2) is 30.4 Å². The second-order valence-electron chi connectivity index (χ2n) is 5.83. The van der Waals surface area contributed by atoms with E-state index in [1.807, 2.05) is 25.1 Å². The second kappa shape index (κ2) is 7.23. The number of benzene rings is 1. The average molecular weight is 339 g/mol. The molecule has 0 saturated carbocycles. The monoisotopic (exact) mass is 338 g/mol. The molecule has 1 atom stereocenters. The molecule has 0 spiro atoms. The number of rotatable bonds is 4. The van der Waals surface area contributed by atoms with Crippen LogP contribution in [0, 0.1) is 12.8 Å². The van der Waals surface area contributed by atoms with Gasteiger partial charge in [-0.25, -0.2) is 0 Å². The lowest BCUT2D eigenvalue weighted by atomic mass is 10.0. The zero-order chi connectivity index (χ0) is 14.5. The number of carbonyl (C=O) groups is 1. The topological polar surface area (TPSA) is 32.3 Å². The van der Waals surface area contributed by atoms with Gasteiger partial charge in [0, 0.05) is 24.0 Å². The summed E-state index contributed by atoms with van der Waals surface area (Å²) in [5.74, 6) is 0.853. The van der Waals surface area contributed by atoms with Gasteiger partial charge >= 0.3 is 0 Å². The Kier molecular flexibility index (Phi) is 5.61. The van der Waals surface area contributed by atoms with E-state index < -0.39 is 0 Å². The largest absolute Gasteiger partial charge is 0.325 e. The van der Waals surface area contributed by atoms with Crippen molar-refractivity contribution in [3.63, 3.8) is 0 Å². The fourth-order valence-electron chi connectivity index (χ4n) is 2.68. The molecule has 3 nitrogen and oxygen atoms in total. The van der Waals surface area contributed by atoms with Crippen molar-refractivity contribution in [1.82, 2.24) is 4.90 Å². The minimum Gasteiger partial charge on any atom is -0.325 e. The van der Waals surface area contributed by atoms with Crippen molar-refractivity contribution in [2.24, 2.45) is 5.92 Å². The van der Waals surface area contributed by atoms with Crippen LogP contribution in [0.15, 0.2) is 22.7 Å². The summed E-state index contributed by atoms with van der Waals surface area (Å²) < 4.78 is 0.942. The molecule has 0 aromatic heterocycles. The van der Waals surface area contributed by atoms with Crippen LogP contribution in [0.4, 0.5) is 5.69 Å². The average Bonchev–Trinajstić information content (AvgIpc) is 2.40. The molecule has 1 aliphatic heterocycles. The highest BCUT2D eigenvalue weighted by Crippen LogP contribution is 2.23. The molecule has 1 aromatic rings. The van der Waals surface area contributed by atoms with E-state index in [1.54, 1.807) is 0 Å². The molecule has 110 valence electrons. The maximum Gasteiger partial charge on any atom is 0.225 e. The Hall–Kier alpha value is -0.870. The Morgan fingerprint density at radius 3 is 3.00 bits per heavy atom. The SMILES string of the molecule is Cc1ccc(NC(=O)CCN2CCCC(C)C2)c(Br)c1. The number of hydrogen-bond acceptors (Lipinski definition) is 2. The van der Waals surface area contributed by atoms with Crippen molar-refractivity contribution in [1.29, 1.82) is 0 Å². The molecular weight excluding hydrogens is 316 g/mol. The van der Waals surface area contributed by atoms with Crippen LogP contribution in [-0.2, 0) is 4.79 Å². The van der Waals surface area contributed by atoms with Gasteiger partial charge in [-0.3, -0.25) is 4.79 Å². The van der Waals surface area contributed by atoms with Crippen molar-refractivity contribution in [2.45, 2.75) is 33.1 Å². The summed E-state index contributed by atoms with van der Waals surface area (Å²) in [6.45, 7) is 7.44. The molecule has 1 aromatic carbocycles. The van der Waals surface area contributed by atoms with Gasteiger partial charge in [0.15, 0.2) is 0 Å². The number of aryl methyl sites for hydroxylation is 1. The lowest BCUT2D eigenvalue weighted by molar-refractivity contribution is -0.116. The molecule has 1 heterocycles. The van der Waals surface area contributed by atoms with E-state index in [4.69, 9.17) is 0 Å². The summed E-state index contributed by atoms with van der Waals surface area (Å²) in [5, 5.41) is 2.98. The number of amides is 1. The fraction of sp³-hybridized carbons (Fsp3) is 0.562. The van der Waals surface area contributed by atoms with E-state index >= 15 is 0 Å². The molecular formula is C16H23BrN2O. The first-order valence-corrected chi connectivity index (χ1v) is 8.12. The molecule has 20 heavy (non-hydrogen) atoms. The smallest absolute Gasteiger partial charge is 0.225 e. The lowest BCUT2D eigenvalue weighted by Gasteiger charge is -2.30. The second-order valence-corrected chi connectivity index (χ2v) is 6.68. The third-order valence-corrected chi connectivity index (χ3v) is 4.45. The van der Waals surface area contributed by atoms with Crippen LogP contribution in [0.5, 0.6) is 0 Å². The molecule has 4 heteroatoms. The molecule has 0 aliphatic carbocycles. The van der Waals surface area contributed by atoms with Gasteiger partial charge in [0.05, 0.1) is 5.69 Å². The van der Waals surface area contributed by atoms with E-state index in [2.05, 4.69) is 33.1 Å². The van der Waals surface area contributed by atoms with Crippen molar-refractivity contribution < 1.29 is 4.79 Å². The van der Waals surface area contributed by atoms with Crippen molar-refractivity contribution in [3.05, 3.63) is 28.2 Å². The predicted octanol–water partition coefficient (Wildman–Crippen LogP) is 3.82. The minimum absolute atomic E-state index is 0.0905. The first kappa shape index (κ1) is 15.5. The number of halogens is 1. The molecule has 0 bridgehead atoms. The fourth-order valence-corrected chi connectivity index (χ4v) is 3.28. The summed E-state index contributed by atoms with van der Waals surface area (Å²) in [6.07, 6.45) is 3.14. The van der Waals surface area contributed by atoms with Gasteiger partial charge in [0.1, 0.15) is 0 Å². The quantitative estimate of drug-likeness (QED) is 0.905. The summed E-state index contributed by atoms with van der Waals surface area (Å²) in [4.78, 5) is 14.4. The molecule has 0 radical (unpaired) electrons. The number of hydrogen-bond donors (Lipinski definition) is 1. The highest BCUT2D eigenvalue weighted by Gasteiger charge is 2.16. The summed E-state index contributed by atoms with van der Waals surface area (Å²) in [7, 11) is 0. The van der Waals surface area contributed by atoms with Crippen LogP contribution in [0.2, 0.25) is 0 Å². The number of piperidine rings is 1. The molecule has 1 aliphatic rings. The maximum atomic E-state index is 12.0. The number of likely N-dealkylation sites (tertiary alicyclic amines) is 1. The van der Waals surface area contributed by atoms with Crippen molar-refractivity contribution in [3.8, 4) is 0 Å². The summed E-state index contributed by atoms with van der Waals surface area (Å²) in [6, 6.07) is 5.97. The molecule has 1 saturated heterocycles. The van der Waals surface area contributed by atoms with E-state index in [0.717, 1.165) is 35.7 Å². The van der Waals surface area contributed by atoms with Gasteiger partial charge in [-0.15, -0.1) is 0 Å². The third-order valence-electron chi connectivity index (χ3n) is 3.79. The molecule has 2 rings (SSSR count). The van der Waals surface area contributed by atoms with E-state index in [-0.39, 0.29) is 5.91 Å². The van der Waals surface area contributed by atoms with Crippen molar-refractivity contribution in [2.75, 3.05) is 25.0 Å². The van der Waals surface area contributed by atoms with Crippen molar-refractivity contribution >= 4 is 27.5 Å². The Balaban J connectivity index is 1.80. The van der Waals surface area contributed by atoms with Gasteiger partial charge < -0.3 is 10.2 Å². The Labute approximate surface area is 129 Å². The number of nitrogens with zero attached hydrogens (tertiary/aromatic N) is 1. The Morgan fingerprint density at radius 2 is 2.30 bits per heavy atom. The van der Waals surface area contributed by atoms with E-state index in [1.165, 1.54) is 18.4 Å². The molecule has 1 amide bonds. The first-order chi connectivity index (χ1) is 9.54. The van der Waals surface area contributed by atoms with Gasteiger partial charge in [-0.1, -0.05) is 13.0 Å². The zero-order valence-corrected chi connectivity index (χ0v) is 13.9. The summed E-state index contributed by atoms with van der Waals surface area (Å²) >= 11 is 3.49. The van der Waals surface area contributed by atoms with Gasteiger partial charge in [0.25, 0.3) is 0 Å². The summed E-state index contributed by atoms with van der Waals surface area (Å²) in [5.41, 5.74) is 2.03. The Morgan fingerprint density at radius 1 is 1.50 bits per heavy atom. The first-order valence-electron chi connectivity index (χ1n) is 7.33. The number of anilines is 1. The molecule has 1 fully saturated rings. The van der Waals surface area contributed by atoms with Gasteiger partial charge in [-0.05, 0) is 65.9 Å². The standard InChI is InChI=1S/C16H23BrN2O/c1-12-5-6-15(14(17)10-12)18-16(20)7-9-19-8-3-4-13(2)11-19/h5-6,10,13H,3-4,7-9,11H2,1-2H3,(H,18,20). The van der Waals surface area contributed by atoms with Crippen LogP contribution in [0.25, 0.3) is 0 Å². The van der Waals surface area contributed by atoms with Gasteiger partial charge in [-0.2, -0.15) is 0 Å². The lowest BCUT2D eigenvalue weighted by Crippen LogP contribution is -2.36. The van der Waals surface area contributed by atoms with Crippen LogP contribution in [0.1, 0.15) is 31.7 Å². The maximum absolute atomic E-state index is 12.0. The minimum atomic E-state index is 0.0905. The van der Waals surface area contributed by atoms with E-state index in [9.17, 15) is 4.79 Å². The highest BCUT2D eigenvalue weighted by atomic mass is 79.9. The predicted molar refractivity (Wildman–Crippen MR) is 87.0 cm³/mol. The van der Waals surface area contributed by atoms with Gasteiger partial charge in [0.2, 0.25) is 5.91 Å². The van der Waals surface area contributed by atoms with Crippen LogP contribution >= 0.6 is 15.9 Å². The third kappa shape index (κ3) is 4.60. The normalized spacial score (nSPS) is 19.9. The zero-order valence-electron chi connectivity index (χ0n) is 12.3. The molecule has 1 N–H and O–H groups in total. The van der Waals surface area contributed by atoms with Crippen LogP contribution < -0.4 is 5.32 Å². The van der Waals surface area contributed by atoms with E-state index in [0.29, 0.717) is 6.42 Å². The number of nitrogens with one attached hydrogen (secondary N) is 1. The molecule has 1 unspecified atom stereocenters. The number of carbonyl (C=O) groups excluding carboxylic acids is 1. The highest BCUT2D eigenvalue weighted by molar-refractivity contribution is 9.10. The Bertz CT molecular complexity index is 476.